The van der Waals surface area contributed by atoms with Gasteiger partial charge in [-0.2, -0.15) is 0 Å². The van der Waals surface area contributed by atoms with E-state index in [4.69, 9.17) is 15.2 Å². The molecule has 0 spiro atoms. The molecule has 0 atom stereocenters. The van der Waals surface area contributed by atoms with E-state index < -0.39 is 0 Å². The summed E-state index contributed by atoms with van der Waals surface area (Å²) in [5.74, 6) is 1.04. The predicted octanol–water partition coefficient (Wildman–Crippen LogP) is 2.63. The molecule has 1 saturated heterocycles. The first-order valence-corrected chi connectivity index (χ1v) is 6.99. The second kappa shape index (κ2) is 5.51. The highest BCUT2D eigenvalue weighted by atomic mass is 16.5. The Bertz CT molecular complexity index is 464. The van der Waals surface area contributed by atoms with Crippen LogP contribution in [-0.4, -0.2) is 26.9 Å². The summed E-state index contributed by atoms with van der Waals surface area (Å²) in [7, 11) is 1.76. The number of benzene rings is 1. The van der Waals surface area contributed by atoms with Gasteiger partial charge in [0.05, 0.1) is 20.3 Å². The molecule has 0 unspecified atom stereocenters. The lowest BCUT2D eigenvalue weighted by molar-refractivity contribution is -0.0661. The SMILES string of the molecule is COc1c(C)c(C)cc(C)c1C1(CCCN)COC1. The maximum atomic E-state index is 5.71. The molecule has 19 heavy (non-hydrogen) atoms. The van der Waals surface area contributed by atoms with E-state index in [0.717, 1.165) is 38.3 Å². The first-order valence-electron chi connectivity index (χ1n) is 6.99. The second-order valence-electron chi connectivity index (χ2n) is 5.71. The van der Waals surface area contributed by atoms with E-state index in [2.05, 4.69) is 26.8 Å². The largest absolute Gasteiger partial charge is 0.496 e. The van der Waals surface area contributed by atoms with Crippen LogP contribution in [0.2, 0.25) is 0 Å². The summed E-state index contributed by atoms with van der Waals surface area (Å²) < 4.78 is 11.2. The Balaban J connectivity index is 2.50. The number of nitrogens with two attached hydrogens (primary N) is 1. The Hall–Kier alpha value is -1.06. The lowest BCUT2D eigenvalue weighted by Crippen LogP contribution is -2.47. The maximum Gasteiger partial charge on any atom is 0.126 e. The molecule has 0 aromatic heterocycles. The van der Waals surface area contributed by atoms with E-state index in [9.17, 15) is 0 Å². The van der Waals surface area contributed by atoms with Crippen LogP contribution < -0.4 is 10.5 Å². The third-order valence-electron chi connectivity index (χ3n) is 4.34. The highest BCUT2D eigenvalue weighted by Gasteiger charge is 2.43. The summed E-state index contributed by atoms with van der Waals surface area (Å²) in [6.07, 6.45) is 2.10. The molecule has 0 radical (unpaired) electrons. The van der Waals surface area contributed by atoms with Gasteiger partial charge < -0.3 is 15.2 Å². The molecular formula is C16H25NO2. The van der Waals surface area contributed by atoms with Crippen LogP contribution in [0.4, 0.5) is 0 Å². The molecule has 2 N–H and O–H groups in total. The van der Waals surface area contributed by atoms with Crippen molar-refractivity contribution in [2.24, 2.45) is 5.73 Å². The molecule has 106 valence electrons. The number of ether oxygens (including phenoxy) is 2. The first-order chi connectivity index (χ1) is 9.05. The van der Waals surface area contributed by atoms with Gasteiger partial charge in [0.1, 0.15) is 5.75 Å². The number of hydrogen-bond donors (Lipinski definition) is 1. The van der Waals surface area contributed by atoms with Gasteiger partial charge in [-0.1, -0.05) is 6.07 Å². The van der Waals surface area contributed by atoms with Gasteiger partial charge in [-0.05, 0) is 56.8 Å². The summed E-state index contributed by atoms with van der Waals surface area (Å²) in [5, 5.41) is 0. The Morgan fingerprint density at radius 1 is 1.26 bits per heavy atom. The smallest absolute Gasteiger partial charge is 0.126 e. The van der Waals surface area contributed by atoms with Crippen molar-refractivity contribution in [3.63, 3.8) is 0 Å². The van der Waals surface area contributed by atoms with Crippen molar-refractivity contribution in [2.45, 2.75) is 39.0 Å². The van der Waals surface area contributed by atoms with E-state index in [1.165, 1.54) is 22.3 Å². The molecule has 1 aromatic rings. The van der Waals surface area contributed by atoms with Crippen molar-refractivity contribution in [3.05, 3.63) is 28.3 Å². The Kier molecular flexibility index (Phi) is 4.16. The van der Waals surface area contributed by atoms with Gasteiger partial charge >= 0.3 is 0 Å². The van der Waals surface area contributed by atoms with E-state index in [0.29, 0.717) is 0 Å². The van der Waals surface area contributed by atoms with Gasteiger partial charge in [0, 0.05) is 11.0 Å². The van der Waals surface area contributed by atoms with Crippen molar-refractivity contribution in [1.82, 2.24) is 0 Å². The van der Waals surface area contributed by atoms with Gasteiger partial charge in [-0.15, -0.1) is 0 Å². The Morgan fingerprint density at radius 2 is 1.95 bits per heavy atom. The number of aryl methyl sites for hydroxylation is 2. The molecule has 1 heterocycles. The molecule has 1 aromatic carbocycles. The van der Waals surface area contributed by atoms with Crippen LogP contribution in [-0.2, 0) is 10.2 Å². The van der Waals surface area contributed by atoms with Gasteiger partial charge in [-0.3, -0.25) is 0 Å². The topological polar surface area (TPSA) is 44.5 Å². The monoisotopic (exact) mass is 263 g/mol. The zero-order valence-corrected chi connectivity index (χ0v) is 12.5. The Morgan fingerprint density at radius 3 is 2.42 bits per heavy atom. The zero-order chi connectivity index (χ0) is 14.0. The predicted molar refractivity (Wildman–Crippen MR) is 78.0 cm³/mol. The average Bonchev–Trinajstić information content (AvgIpc) is 2.34. The summed E-state index contributed by atoms with van der Waals surface area (Å²) >= 11 is 0. The first kappa shape index (κ1) is 14.4. The molecule has 3 nitrogen and oxygen atoms in total. The minimum atomic E-state index is 0.104. The number of methoxy groups -OCH3 is 1. The minimum Gasteiger partial charge on any atom is -0.496 e. The van der Waals surface area contributed by atoms with Crippen molar-refractivity contribution >= 4 is 0 Å². The van der Waals surface area contributed by atoms with E-state index >= 15 is 0 Å². The fraction of sp³-hybridized carbons (Fsp3) is 0.625. The summed E-state index contributed by atoms with van der Waals surface area (Å²) in [6.45, 7) is 8.74. The number of rotatable bonds is 5. The summed E-state index contributed by atoms with van der Waals surface area (Å²) in [4.78, 5) is 0. The second-order valence-corrected chi connectivity index (χ2v) is 5.71. The standard InChI is InChI=1S/C16H25NO2/c1-11-8-12(2)14(15(18-4)13(11)3)16(6-5-7-17)9-19-10-16/h8H,5-7,9-10,17H2,1-4H3. The van der Waals surface area contributed by atoms with Crippen molar-refractivity contribution in [1.29, 1.82) is 0 Å². The molecule has 2 rings (SSSR count). The maximum absolute atomic E-state index is 5.71. The van der Waals surface area contributed by atoms with Gasteiger partial charge in [0.2, 0.25) is 0 Å². The fourth-order valence-electron chi connectivity index (χ4n) is 3.17. The van der Waals surface area contributed by atoms with E-state index in [1.54, 1.807) is 7.11 Å². The van der Waals surface area contributed by atoms with Crippen LogP contribution in [0.25, 0.3) is 0 Å². The van der Waals surface area contributed by atoms with Crippen LogP contribution in [0.15, 0.2) is 6.07 Å². The lowest BCUT2D eigenvalue weighted by Gasteiger charge is -2.44. The molecule has 0 saturated carbocycles. The summed E-state index contributed by atoms with van der Waals surface area (Å²) in [6, 6.07) is 2.26. The highest BCUT2D eigenvalue weighted by molar-refractivity contribution is 5.54. The quantitative estimate of drug-likeness (QED) is 0.888. The molecular weight excluding hydrogens is 238 g/mol. The fourth-order valence-corrected chi connectivity index (χ4v) is 3.17. The van der Waals surface area contributed by atoms with Crippen LogP contribution in [0.3, 0.4) is 0 Å². The van der Waals surface area contributed by atoms with Gasteiger partial charge in [0.15, 0.2) is 0 Å². The molecule has 1 fully saturated rings. The summed E-state index contributed by atoms with van der Waals surface area (Å²) in [5.41, 5.74) is 10.9. The molecule has 0 bridgehead atoms. The van der Waals surface area contributed by atoms with Crippen molar-refractivity contribution in [2.75, 3.05) is 26.9 Å². The van der Waals surface area contributed by atoms with E-state index in [-0.39, 0.29) is 5.41 Å². The molecule has 1 aliphatic rings. The third-order valence-corrected chi connectivity index (χ3v) is 4.34. The zero-order valence-electron chi connectivity index (χ0n) is 12.5. The lowest BCUT2D eigenvalue weighted by atomic mass is 9.72. The number of hydrogen-bond acceptors (Lipinski definition) is 3. The molecule has 1 aliphatic heterocycles. The molecule has 0 aliphatic carbocycles. The molecule has 3 heteroatoms. The molecule has 0 amide bonds. The minimum absolute atomic E-state index is 0.104. The van der Waals surface area contributed by atoms with Crippen LogP contribution in [0, 0.1) is 20.8 Å². The Labute approximate surface area is 116 Å². The average molecular weight is 263 g/mol. The van der Waals surface area contributed by atoms with Crippen molar-refractivity contribution in [3.8, 4) is 5.75 Å². The third kappa shape index (κ3) is 2.37. The highest BCUT2D eigenvalue weighted by Crippen LogP contribution is 2.45. The van der Waals surface area contributed by atoms with Crippen LogP contribution >= 0.6 is 0 Å². The van der Waals surface area contributed by atoms with Gasteiger partial charge in [-0.25, -0.2) is 0 Å². The van der Waals surface area contributed by atoms with Crippen LogP contribution in [0.1, 0.15) is 35.1 Å². The van der Waals surface area contributed by atoms with Crippen LogP contribution in [0.5, 0.6) is 5.75 Å². The van der Waals surface area contributed by atoms with Crippen molar-refractivity contribution < 1.29 is 9.47 Å². The van der Waals surface area contributed by atoms with E-state index in [1.807, 2.05) is 0 Å². The normalized spacial score (nSPS) is 17.1. The van der Waals surface area contributed by atoms with Gasteiger partial charge in [0.25, 0.3) is 0 Å².